The topological polar surface area (TPSA) is 49.8 Å². The lowest BCUT2D eigenvalue weighted by Crippen LogP contribution is -2.50. The van der Waals surface area contributed by atoms with E-state index in [9.17, 15) is 9.90 Å². The van der Waals surface area contributed by atoms with Crippen molar-refractivity contribution in [3.05, 3.63) is 35.9 Å². The predicted octanol–water partition coefficient (Wildman–Crippen LogP) is 3.73. The van der Waals surface area contributed by atoms with Gasteiger partial charge in [-0.05, 0) is 37.7 Å². The molecule has 1 aromatic carbocycles. The molecule has 0 radical (unpaired) electrons. The van der Waals surface area contributed by atoms with Crippen LogP contribution in [0.4, 0.5) is 4.79 Å². The number of amides is 1. The van der Waals surface area contributed by atoms with Crippen molar-refractivity contribution in [3.63, 3.8) is 0 Å². The minimum Gasteiger partial charge on any atom is -0.445 e. The smallest absolute Gasteiger partial charge is 0.410 e. The van der Waals surface area contributed by atoms with Gasteiger partial charge in [0.1, 0.15) is 6.61 Å². The van der Waals surface area contributed by atoms with Gasteiger partial charge in [-0.2, -0.15) is 0 Å². The molecule has 22 heavy (non-hydrogen) atoms. The van der Waals surface area contributed by atoms with Crippen molar-refractivity contribution in [3.8, 4) is 0 Å². The zero-order valence-corrected chi connectivity index (χ0v) is 13.4. The highest BCUT2D eigenvalue weighted by molar-refractivity contribution is 5.68. The van der Waals surface area contributed by atoms with E-state index in [2.05, 4.69) is 6.92 Å². The Kier molecular flexibility index (Phi) is 6.72. The third-order valence-corrected chi connectivity index (χ3v) is 4.36. The highest BCUT2D eigenvalue weighted by atomic mass is 16.6. The van der Waals surface area contributed by atoms with Crippen LogP contribution in [-0.4, -0.2) is 34.8 Å². The number of likely N-dealkylation sites (tertiary alicyclic amines) is 1. The van der Waals surface area contributed by atoms with Crippen LogP contribution in [-0.2, 0) is 11.3 Å². The first-order chi connectivity index (χ1) is 10.8. The highest BCUT2D eigenvalue weighted by Gasteiger charge is 2.34. The molecule has 0 spiro atoms. The Morgan fingerprint density at radius 1 is 1.23 bits per heavy atom. The van der Waals surface area contributed by atoms with E-state index >= 15 is 0 Å². The fourth-order valence-corrected chi connectivity index (χ4v) is 3.31. The summed E-state index contributed by atoms with van der Waals surface area (Å²) in [4.78, 5) is 14.5. The van der Waals surface area contributed by atoms with Crippen LogP contribution in [0.15, 0.2) is 30.3 Å². The number of ether oxygens (including phenoxy) is 1. The molecule has 0 saturated carbocycles. The summed E-state index contributed by atoms with van der Waals surface area (Å²) in [5.41, 5.74) is 0.999. The van der Waals surface area contributed by atoms with Crippen molar-refractivity contribution >= 4 is 6.09 Å². The van der Waals surface area contributed by atoms with E-state index in [-0.39, 0.29) is 24.8 Å². The lowest BCUT2D eigenvalue weighted by Gasteiger charge is -2.41. The van der Waals surface area contributed by atoms with Gasteiger partial charge in [0, 0.05) is 18.7 Å². The summed E-state index contributed by atoms with van der Waals surface area (Å²) >= 11 is 0. The summed E-state index contributed by atoms with van der Waals surface area (Å²) < 4.78 is 5.53. The summed E-state index contributed by atoms with van der Waals surface area (Å²) in [6.07, 6.45) is 5.58. The van der Waals surface area contributed by atoms with Crippen molar-refractivity contribution in [1.82, 2.24) is 4.90 Å². The maximum atomic E-state index is 12.6. The Bertz CT molecular complexity index is 431. The first-order valence-electron chi connectivity index (χ1n) is 8.36. The Balaban J connectivity index is 2.00. The molecule has 0 unspecified atom stereocenters. The van der Waals surface area contributed by atoms with Gasteiger partial charge in [-0.25, -0.2) is 4.79 Å². The van der Waals surface area contributed by atoms with Gasteiger partial charge < -0.3 is 14.7 Å². The molecule has 1 heterocycles. The van der Waals surface area contributed by atoms with Crippen LogP contribution in [0.25, 0.3) is 0 Å². The number of nitrogens with zero attached hydrogens (tertiary/aromatic N) is 1. The second-order valence-corrected chi connectivity index (χ2v) is 5.99. The molecule has 1 N–H and O–H groups in total. The molecule has 0 bridgehead atoms. The summed E-state index contributed by atoms with van der Waals surface area (Å²) in [6, 6.07) is 10.1. The largest absolute Gasteiger partial charge is 0.445 e. The molecule has 4 heteroatoms. The van der Waals surface area contributed by atoms with Gasteiger partial charge in [0.15, 0.2) is 0 Å². The molecule has 2 atom stereocenters. The standard InChI is InChI=1S/C18H27NO3/c1-2-7-16-10-6-11-17(12-13-20)19(16)18(21)22-14-15-8-4-3-5-9-15/h3-5,8-9,16-17,20H,2,6-7,10-14H2,1H3/t16-,17-/m1/s1. The lowest BCUT2D eigenvalue weighted by atomic mass is 9.92. The van der Waals surface area contributed by atoms with Gasteiger partial charge in [-0.3, -0.25) is 0 Å². The molecular formula is C18H27NO3. The molecule has 1 aliphatic rings. The average Bonchev–Trinajstić information content (AvgIpc) is 2.54. The monoisotopic (exact) mass is 305 g/mol. The number of hydrogen-bond acceptors (Lipinski definition) is 3. The Hall–Kier alpha value is -1.55. The van der Waals surface area contributed by atoms with Crippen molar-refractivity contribution < 1.29 is 14.6 Å². The molecule has 122 valence electrons. The van der Waals surface area contributed by atoms with E-state index in [0.717, 1.165) is 37.7 Å². The van der Waals surface area contributed by atoms with E-state index in [0.29, 0.717) is 13.0 Å². The number of piperidine rings is 1. The quantitative estimate of drug-likeness (QED) is 0.871. The van der Waals surface area contributed by atoms with Gasteiger partial charge in [0.2, 0.25) is 0 Å². The van der Waals surface area contributed by atoms with Crippen molar-refractivity contribution in [2.45, 2.75) is 64.1 Å². The Morgan fingerprint density at radius 3 is 2.55 bits per heavy atom. The number of aliphatic hydroxyl groups excluding tert-OH is 1. The second-order valence-electron chi connectivity index (χ2n) is 5.99. The van der Waals surface area contributed by atoms with Crippen LogP contribution >= 0.6 is 0 Å². The number of hydrogen-bond donors (Lipinski definition) is 1. The molecule has 2 rings (SSSR count). The van der Waals surface area contributed by atoms with Crippen LogP contribution in [0.2, 0.25) is 0 Å². The second kappa shape index (κ2) is 8.79. The summed E-state index contributed by atoms with van der Waals surface area (Å²) in [5.74, 6) is 0. The minimum absolute atomic E-state index is 0.110. The van der Waals surface area contributed by atoms with Crippen LogP contribution < -0.4 is 0 Å². The molecule has 1 saturated heterocycles. The van der Waals surface area contributed by atoms with E-state index < -0.39 is 0 Å². The molecule has 4 nitrogen and oxygen atoms in total. The first kappa shape index (κ1) is 16.8. The van der Waals surface area contributed by atoms with Crippen LogP contribution in [0.1, 0.15) is 51.0 Å². The molecule has 0 aliphatic carbocycles. The highest BCUT2D eigenvalue weighted by Crippen LogP contribution is 2.28. The van der Waals surface area contributed by atoms with Gasteiger partial charge in [0.25, 0.3) is 0 Å². The van der Waals surface area contributed by atoms with Crippen LogP contribution in [0.5, 0.6) is 0 Å². The number of carbonyl (C=O) groups is 1. The Labute approximate surface area is 133 Å². The van der Waals surface area contributed by atoms with Crippen LogP contribution in [0, 0.1) is 0 Å². The van der Waals surface area contributed by atoms with Gasteiger partial charge in [-0.1, -0.05) is 43.7 Å². The molecule has 0 aromatic heterocycles. The zero-order chi connectivity index (χ0) is 15.8. The molecular weight excluding hydrogens is 278 g/mol. The number of aliphatic hydroxyl groups is 1. The van der Waals surface area contributed by atoms with E-state index in [1.165, 1.54) is 0 Å². The summed E-state index contributed by atoms with van der Waals surface area (Å²) in [7, 11) is 0. The van der Waals surface area contributed by atoms with Crippen molar-refractivity contribution in [1.29, 1.82) is 0 Å². The minimum atomic E-state index is -0.236. The fraction of sp³-hybridized carbons (Fsp3) is 0.611. The zero-order valence-electron chi connectivity index (χ0n) is 13.4. The van der Waals surface area contributed by atoms with E-state index in [1.807, 2.05) is 35.2 Å². The van der Waals surface area contributed by atoms with Crippen molar-refractivity contribution in [2.75, 3.05) is 6.61 Å². The number of benzene rings is 1. The molecule has 1 amide bonds. The predicted molar refractivity (Wildman–Crippen MR) is 86.5 cm³/mol. The maximum absolute atomic E-state index is 12.6. The Morgan fingerprint density at radius 2 is 1.91 bits per heavy atom. The first-order valence-corrected chi connectivity index (χ1v) is 8.36. The third-order valence-electron chi connectivity index (χ3n) is 4.36. The lowest BCUT2D eigenvalue weighted by molar-refractivity contribution is 0.0318. The van der Waals surface area contributed by atoms with Crippen LogP contribution in [0.3, 0.4) is 0 Å². The normalized spacial score (nSPS) is 21.6. The van der Waals surface area contributed by atoms with E-state index in [4.69, 9.17) is 4.74 Å². The third kappa shape index (κ3) is 4.47. The SMILES string of the molecule is CCC[C@@H]1CCC[C@H](CCO)N1C(=O)OCc1ccccc1. The average molecular weight is 305 g/mol. The molecule has 1 aromatic rings. The summed E-state index contributed by atoms with van der Waals surface area (Å²) in [6.45, 7) is 2.57. The molecule has 1 aliphatic heterocycles. The summed E-state index contributed by atoms with van der Waals surface area (Å²) in [5, 5.41) is 9.26. The van der Waals surface area contributed by atoms with Gasteiger partial charge in [0.05, 0.1) is 0 Å². The van der Waals surface area contributed by atoms with Gasteiger partial charge >= 0.3 is 6.09 Å². The van der Waals surface area contributed by atoms with Crippen molar-refractivity contribution in [2.24, 2.45) is 0 Å². The van der Waals surface area contributed by atoms with E-state index in [1.54, 1.807) is 0 Å². The molecule has 1 fully saturated rings. The van der Waals surface area contributed by atoms with Gasteiger partial charge in [-0.15, -0.1) is 0 Å². The fourth-order valence-electron chi connectivity index (χ4n) is 3.31. The number of carbonyl (C=O) groups excluding carboxylic acids is 1. The number of rotatable bonds is 6. The maximum Gasteiger partial charge on any atom is 0.410 e.